The van der Waals surface area contributed by atoms with E-state index < -0.39 is 0 Å². The summed E-state index contributed by atoms with van der Waals surface area (Å²) in [6, 6.07) is 0. The van der Waals surface area contributed by atoms with Crippen LogP contribution < -0.4 is 0 Å². The van der Waals surface area contributed by atoms with Crippen LogP contribution in [0.5, 0.6) is 0 Å². The largest absolute Gasteiger partial charge is 0 e. The van der Waals surface area contributed by atoms with Gasteiger partial charge in [-0.25, -0.2) is 0 Å². The maximum atomic E-state index is 0. The first kappa shape index (κ1) is 37.6. The smallest absolute Gasteiger partial charge is 0 e. The van der Waals surface area contributed by atoms with E-state index in [0.29, 0.717) is 0 Å². The van der Waals surface area contributed by atoms with E-state index in [4.69, 9.17) is 0 Å². The van der Waals surface area contributed by atoms with Gasteiger partial charge in [0.1, 0.15) is 0 Å². The molecule has 0 aromatic rings. The van der Waals surface area contributed by atoms with Gasteiger partial charge in [-0.15, -0.1) is 0 Å². The average Bonchev–Trinajstić information content (AvgIpc) is 0. The minimum Gasteiger partial charge on any atom is 0 e. The third-order valence-corrected chi connectivity index (χ3v) is 0. The molecule has 25 valence electrons. The summed E-state index contributed by atoms with van der Waals surface area (Å²) in [5, 5.41) is 0. The summed E-state index contributed by atoms with van der Waals surface area (Å²) in [7, 11) is 0. The first-order valence-electron chi connectivity index (χ1n) is 0. The quantitative estimate of drug-likeness (QED) is 0.402. The van der Waals surface area contributed by atoms with Crippen molar-refractivity contribution in [1.82, 2.24) is 0 Å². The van der Waals surface area contributed by atoms with Crippen molar-refractivity contribution in [2.24, 2.45) is 0 Å². The van der Waals surface area contributed by atoms with E-state index >= 15 is 0 Å². The third-order valence-electron chi connectivity index (χ3n) is 0. The zero-order chi connectivity index (χ0) is 0. The van der Waals surface area contributed by atoms with Crippen molar-refractivity contribution in [2.45, 2.75) is 0 Å². The molecule has 0 heterocycles. The molecule has 0 aromatic heterocycles. The van der Waals surface area contributed by atoms with Crippen molar-refractivity contribution in [1.29, 1.82) is 0 Å². The number of rotatable bonds is 0. The Morgan fingerprint density at radius 2 is 1.00 bits per heavy atom. The number of hydrogen-bond donors (Lipinski definition) is 0. The van der Waals surface area contributed by atoms with Crippen molar-refractivity contribution in [3.63, 3.8) is 0 Å². The zero-order valence-electron chi connectivity index (χ0n) is 2.26. The van der Waals surface area contributed by atoms with E-state index in [2.05, 4.69) is 0 Å². The SMILES string of the molecule is [Mo].[Nb].[Ti].[W].[Zr]. The minimum absolute atomic E-state index is 0. The Bertz CT molecular complexity index is 11.6. The van der Waals surface area contributed by atoms with Crippen molar-refractivity contribution in [3.8, 4) is 0 Å². The van der Waals surface area contributed by atoms with E-state index in [1.54, 1.807) is 0 Å². The number of hydrogen-bond acceptors (Lipinski definition) is 0. The second-order valence-corrected chi connectivity index (χ2v) is 0. The molecule has 0 unspecified atom stereocenters. The average molecular weight is 512 g/mol. The molecule has 0 saturated heterocycles. The molecule has 5 heavy (non-hydrogen) atoms. The molecule has 0 nitrogen and oxygen atoms in total. The predicted octanol–water partition coefficient (Wildman–Crippen LogP) is -0.0125. The summed E-state index contributed by atoms with van der Waals surface area (Å²) in [6.07, 6.45) is 0. The van der Waals surface area contributed by atoms with E-state index in [-0.39, 0.29) is 112 Å². The third kappa shape index (κ3) is 18.3. The molecular weight excluding hydrogens is 512 g/mol. The Balaban J connectivity index is 0. The standard InChI is InChI=1S/Mo.Nb.Ti.W.Zr. The molecule has 0 aliphatic carbocycles. The van der Waals surface area contributed by atoms with Crippen molar-refractivity contribution < 1.29 is 112 Å². The van der Waals surface area contributed by atoms with Gasteiger partial charge in [0.2, 0.25) is 0 Å². The molecule has 0 spiro atoms. The summed E-state index contributed by atoms with van der Waals surface area (Å²) in [5.41, 5.74) is 0. The fraction of sp³-hybridized carbons (Fsp3) is 0. The summed E-state index contributed by atoms with van der Waals surface area (Å²) < 4.78 is 0. The van der Waals surface area contributed by atoms with Gasteiger partial charge in [0.15, 0.2) is 0 Å². The molecular formula is MoNbTiWZr. The molecule has 0 fully saturated rings. The van der Waals surface area contributed by atoms with Crippen molar-refractivity contribution in [3.05, 3.63) is 0 Å². The molecule has 0 bridgehead atoms. The van der Waals surface area contributed by atoms with Crippen molar-refractivity contribution >= 4 is 0 Å². The summed E-state index contributed by atoms with van der Waals surface area (Å²) in [6.45, 7) is 0. The Kier molecular flexibility index (Phi) is 190. The molecule has 0 aliphatic heterocycles. The Morgan fingerprint density at radius 3 is 1.00 bits per heavy atom. The van der Waals surface area contributed by atoms with Crippen LogP contribution >= 0.6 is 0 Å². The Morgan fingerprint density at radius 1 is 1.00 bits per heavy atom. The van der Waals surface area contributed by atoms with Gasteiger partial charge in [0.25, 0.3) is 0 Å². The van der Waals surface area contributed by atoms with Crippen LogP contribution in [0.3, 0.4) is 0 Å². The second kappa shape index (κ2) is 25.2. The summed E-state index contributed by atoms with van der Waals surface area (Å²) in [5.74, 6) is 0. The molecule has 1 radical (unpaired) electrons. The van der Waals surface area contributed by atoms with Gasteiger partial charge >= 0.3 is 0 Å². The van der Waals surface area contributed by atoms with Gasteiger partial charge in [0.05, 0.1) is 0 Å². The van der Waals surface area contributed by atoms with Crippen LogP contribution in [0.25, 0.3) is 0 Å². The Labute approximate surface area is 110 Å². The van der Waals surface area contributed by atoms with Gasteiger partial charge in [-0.2, -0.15) is 0 Å². The van der Waals surface area contributed by atoms with Gasteiger partial charge < -0.3 is 0 Å². The maximum Gasteiger partial charge on any atom is 0 e. The molecule has 0 saturated carbocycles. The van der Waals surface area contributed by atoms with Crippen molar-refractivity contribution in [2.75, 3.05) is 0 Å². The van der Waals surface area contributed by atoms with E-state index in [1.165, 1.54) is 0 Å². The Hall–Kier alpha value is 3.71. The van der Waals surface area contributed by atoms with Crippen LogP contribution in [-0.4, -0.2) is 0 Å². The maximum absolute atomic E-state index is 0. The van der Waals surface area contributed by atoms with E-state index in [9.17, 15) is 0 Å². The zero-order valence-corrected chi connectivity index (χ0v) is 13.4. The summed E-state index contributed by atoms with van der Waals surface area (Å²) in [4.78, 5) is 0. The monoisotopic (exact) mass is 513 g/mol. The topological polar surface area (TPSA) is 0 Å². The minimum atomic E-state index is 0. The van der Waals surface area contributed by atoms with Crippen LogP contribution in [0.4, 0.5) is 0 Å². The molecule has 0 rings (SSSR count). The fourth-order valence-electron chi connectivity index (χ4n) is 0. The van der Waals surface area contributed by atoms with Crippen LogP contribution in [0.15, 0.2) is 0 Å². The van der Waals surface area contributed by atoms with Crippen LogP contribution in [0.1, 0.15) is 0 Å². The van der Waals surface area contributed by atoms with Crippen LogP contribution in [-0.2, 0) is 112 Å². The second-order valence-electron chi connectivity index (χ2n) is 0. The molecule has 0 aliphatic rings. The van der Waals surface area contributed by atoms with Gasteiger partial charge in [-0.1, -0.05) is 0 Å². The van der Waals surface area contributed by atoms with Gasteiger partial charge in [-0.3, -0.25) is 0 Å². The summed E-state index contributed by atoms with van der Waals surface area (Å²) >= 11 is 0. The molecule has 0 amide bonds. The van der Waals surface area contributed by atoms with Gasteiger partial charge in [0, 0.05) is 112 Å². The first-order chi connectivity index (χ1) is 0. The molecule has 0 atom stereocenters. The normalized spacial score (nSPS) is 0. The molecule has 0 N–H and O–H groups in total. The first-order valence-corrected chi connectivity index (χ1v) is 0. The predicted molar refractivity (Wildman–Crippen MR) is 0 cm³/mol. The fourth-order valence-corrected chi connectivity index (χ4v) is 0. The molecule has 5 heteroatoms. The van der Waals surface area contributed by atoms with E-state index in [0.717, 1.165) is 0 Å². The van der Waals surface area contributed by atoms with Gasteiger partial charge in [-0.05, 0) is 0 Å². The van der Waals surface area contributed by atoms with Crippen LogP contribution in [0.2, 0.25) is 0 Å². The van der Waals surface area contributed by atoms with E-state index in [1.807, 2.05) is 0 Å². The molecule has 0 aromatic carbocycles. The van der Waals surface area contributed by atoms with Crippen LogP contribution in [0, 0.1) is 0 Å².